The molecular formula is C20H20F6N2O4S2. The van der Waals surface area contributed by atoms with Crippen LogP contribution in [0.3, 0.4) is 0 Å². The average Bonchev–Trinajstić information content (AvgIpc) is 2.72. The lowest BCUT2D eigenvalue weighted by Gasteiger charge is -2.45. The molecule has 188 valence electrons. The van der Waals surface area contributed by atoms with E-state index in [1.54, 1.807) is 13.8 Å². The second-order valence-electron chi connectivity index (χ2n) is 7.89. The average molecular weight is 531 g/mol. The monoisotopic (exact) mass is 530 g/mol. The Balaban J connectivity index is 2.14. The number of benzene rings is 2. The molecule has 0 saturated carbocycles. The van der Waals surface area contributed by atoms with Gasteiger partial charge in [-0.15, -0.1) is 0 Å². The maximum atomic E-state index is 13.9. The van der Waals surface area contributed by atoms with E-state index in [0.717, 1.165) is 24.3 Å². The topological polar surface area (TPSA) is 74.8 Å². The van der Waals surface area contributed by atoms with Crippen molar-refractivity contribution in [2.75, 3.05) is 13.1 Å². The fraction of sp³-hybridized carbons (Fsp3) is 0.400. The van der Waals surface area contributed by atoms with Gasteiger partial charge < -0.3 is 0 Å². The number of piperazine rings is 1. The fourth-order valence-electron chi connectivity index (χ4n) is 3.53. The Bertz CT molecular complexity index is 1140. The van der Waals surface area contributed by atoms with Gasteiger partial charge in [0.1, 0.15) is 12.1 Å². The van der Waals surface area contributed by atoms with Crippen molar-refractivity contribution in [2.24, 2.45) is 0 Å². The molecule has 2 unspecified atom stereocenters. The van der Waals surface area contributed by atoms with Crippen LogP contribution in [0, 0.1) is 13.8 Å². The van der Waals surface area contributed by atoms with Crippen LogP contribution in [0.15, 0.2) is 58.3 Å². The Morgan fingerprint density at radius 1 is 0.618 bits per heavy atom. The Labute approximate surface area is 192 Å². The number of hydrogen-bond acceptors (Lipinski definition) is 4. The van der Waals surface area contributed by atoms with Gasteiger partial charge in [0.2, 0.25) is 20.0 Å². The van der Waals surface area contributed by atoms with Crippen molar-refractivity contribution >= 4 is 20.0 Å². The van der Waals surface area contributed by atoms with Gasteiger partial charge in [0.15, 0.2) is 0 Å². The van der Waals surface area contributed by atoms with Crippen molar-refractivity contribution < 1.29 is 43.2 Å². The molecule has 0 aromatic heterocycles. The number of hydrogen-bond donors (Lipinski definition) is 0. The van der Waals surface area contributed by atoms with E-state index in [1.807, 2.05) is 0 Å². The standard InChI is InChI=1S/C20H20F6N2O4S2/c1-13-3-7-15(8-4-13)33(29,30)27-11-18(20(24,25)26)28(12-17(27)19(21,22)23)34(31,32)16-9-5-14(2)6-10-16/h3-10,17-18H,11-12H2,1-2H3. The Kier molecular flexibility index (Phi) is 6.85. The summed E-state index contributed by atoms with van der Waals surface area (Å²) in [5.41, 5.74) is 1.15. The van der Waals surface area contributed by atoms with E-state index in [2.05, 4.69) is 0 Å². The van der Waals surface area contributed by atoms with E-state index >= 15 is 0 Å². The molecule has 1 aliphatic rings. The van der Waals surface area contributed by atoms with Gasteiger partial charge in [-0.25, -0.2) is 16.8 Å². The van der Waals surface area contributed by atoms with Crippen LogP contribution < -0.4 is 0 Å². The third-order valence-corrected chi connectivity index (χ3v) is 9.19. The van der Waals surface area contributed by atoms with Crippen LogP contribution in [0.1, 0.15) is 11.1 Å². The van der Waals surface area contributed by atoms with Crippen LogP contribution in [0.4, 0.5) is 26.3 Å². The minimum absolute atomic E-state index is 0.309. The Morgan fingerprint density at radius 2 is 0.882 bits per heavy atom. The molecule has 0 radical (unpaired) electrons. The lowest BCUT2D eigenvalue weighted by molar-refractivity contribution is -0.216. The Hall–Kier alpha value is -2.16. The molecule has 34 heavy (non-hydrogen) atoms. The molecule has 2 atom stereocenters. The van der Waals surface area contributed by atoms with Crippen molar-refractivity contribution in [1.82, 2.24) is 8.61 Å². The molecule has 0 amide bonds. The van der Waals surface area contributed by atoms with E-state index in [9.17, 15) is 43.2 Å². The largest absolute Gasteiger partial charge is 0.406 e. The van der Waals surface area contributed by atoms with E-state index in [-0.39, 0.29) is 8.61 Å². The van der Waals surface area contributed by atoms with Crippen LogP contribution in [0.25, 0.3) is 0 Å². The normalized spacial score (nSPS) is 21.5. The Morgan fingerprint density at radius 3 is 1.12 bits per heavy atom. The van der Waals surface area contributed by atoms with Gasteiger partial charge in [-0.05, 0) is 38.1 Å². The molecule has 0 N–H and O–H groups in total. The lowest BCUT2D eigenvalue weighted by Crippen LogP contribution is -2.68. The highest BCUT2D eigenvalue weighted by molar-refractivity contribution is 7.89. The van der Waals surface area contributed by atoms with Crippen molar-refractivity contribution in [3.8, 4) is 0 Å². The molecule has 1 aliphatic heterocycles. The second kappa shape index (κ2) is 8.81. The molecule has 1 fully saturated rings. The summed E-state index contributed by atoms with van der Waals surface area (Å²) < 4.78 is 135. The molecule has 2 aromatic carbocycles. The van der Waals surface area contributed by atoms with Crippen LogP contribution in [-0.4, -0.2) is 63.0 Å². The molecule has 0 spiro atoms. The van der Waals surface area contributed by atoms with Gasteiger partial charge in [-0.1, -0.05) is 35.4 Å². The number of halogens is 6. The zero-order valence-corrected chi connectivity index (χ0v) is 19.4. The maximum absolute atomic E-state index is 13.9. The zero-order chi connectivity index (χ0) is 25.7. The minimum Gasteiger partial charge on any atom is -0.207 e. The van der Waals surface area contributed by atoms with Crippen LogP contribution >= 0.6 is 0 Å². The summed E-state index contributed by atoms with van der Waals surface area (Å²) in [7, 11) is -10.1. The summed E-state index contributed by atoms with van der Waals surface area (Å²) in [6.45, 7) is -0.337. The van der Waals surface area contributed by atoms with E-state index in [1.165, 1.54) is 24.3 Å². The number of rotatable bonds is 4. The van der Waals surface area contributed by atoms with Crippen LogP contribution in [0.5, 0.6) is 0 Å². The fourth-order valence-corrected chi connectivity index (χ4v) is 6.75. The second-order valence-corrected chi connectivity index (χ2v) is 11.7. The third-order valence-electron chi connectivity index (χ3n) is 5.41. The number of aryl methyl sites for hydroxylation is 2. The first-order valence-electron chi connectivity index (χ1n) is 9.76. The molecule has 0 aliphatic carbocycles. The lowest BCUT2D eigenvalue weighted by atomic mass is 10.1. The van der Waals surface area contributed by atoms with Crippen LogP contribution in [0.2, 0.25) is 0 Å². The van der Waals surface area contributed by atoms with Crippen molar-refractivity contribution in [1.29, 1.82) is 0 Å². The molecule has 14 heteroatoms. The van der Waals surface area contributed by atoms with E-state index in [4.69, 9.17) is 0 Å². The minimum atomic E-state index is -5.35. The number of nitrogens with zero attached hydrogens (tertiary/aromatic N) is 2. The molecule has 2 aromatic rings. The predicted molar refractivity (Wildman–Crippen MR) is 110 cm³/mol. The molecule has 1 saturated heterocycles. The summed E-state index contributed by atoms with van der Waals surface area (Å²) in [5.74, 6) is 0. The first-order chi connectivity index (χ1) is 15.5. The van der Waals surface area contributed by atoms with Crippen LogP contribution in [-0.2, 0) is 20.0 Å². The number of sulfonamides is 2. The number of alkyl halides is 6. The highest BCUT2D eigenvalue weighted by atomic mass is 32.2. The summed E-state index contributed by atoms with van der Waals surface area (Å²) in [6.07, 6.45) is -10.7. The predicted octanol–water partition coefficient (Wildman–Crippen LogP) is 3.86. The van der Waals surface area contributed by atoms with Crippen molar-refractivity contribution in [2.45, 2.75) is 48.1 Å². The summed E-state index contributed by atoms with van der Waals surface area (Å²) in [4.78, 5) is -1.27. The van der Waals surface area contributed by atoms with Gasteiger partial charge in [-0.3, -0.25) is 0 Å². The summed E-state index contributed by atoms with van der Waals surface area (Å²) >= 11 is 0. The van der Waals surface area contributed by atoms with Gasteiger partial charge >= 0.3 is 12.4 Å². The molecule has 6 nitrogen and oxygen atoms in total. The van der Waals surface area contributed by atoms with Crippen molar-refractivity contribution in [3.05, 3.63) is 59.7 Å². The molecule has 0 bridgehead atoms. The molecule has 1 heterocycles. The molecule has 3 rings (SSSR count). The highest BCUT2D eigenvalue weighted by Crippen LogP contribution is 2.40. The maximum Gasteiger partial charge on any atom is 0.406 e. The summed E-state index contributed by atoms with van der Waals surface area (Å²) in [5, 5.41) is 0. The third kappa shape index (κ3) is 5.09. The van der Waals surface area contributed by atoms with Crippen molar-refractivity contribution in [3.63, 3.8) is 0 Å². The first kappa shape index (κ1) is 26.4. The quantitative estimate of drug-likeness (QED) is 0.563. The van der Waals surface area contributed by atoms with E-state index < -0.39 is 67.4 Å². The van der Waals surface area contributed by atoms with Gasteiger partial charge in [0.25, 0.3) is 0 Å². The molecular weight excluding hydrogens is 510 g/mol. The van der Waals surface area contributed by atoms with Gasteiger partial charge in [-0.2, -0.15) is 35.0 Å². The summed E-state index contributed by atoms with van der Waals surface area (Å²) in [6, 6.07) is 3.02. The first-order valence-corrected chi connectivity index (χ1v) is 12.6. The SMILES string of the molecule is Cc1ccc(S(=O)(=O)N2CC(C(F)(F)F)N(S(=O)(=O)c3ccc(C)cc3)CC2C(F)(F)F)cc1. The van der Waals surface area contributed by atoms with Gasteiger partial charge in [0.05, 0.1) is 9.79 Å². The smallest absolute Gasteiger partial charge is 0.207 e. The van der Waals surface area contributed by atoms with Gasteiger partial charge in [0, 0.05) is 13.1 Å². The zero-order valence-electron chi connectivity index (χ0n) is 17.8. The van der Waals surface area contributed by atoms with E-state index in [0.29, 0.717) is 11.1 Å². The highest BCUT2D eigenvalue weighted by Gasteiger charge is 2.60.